The summed E-state index contributed by atoms with van der Waals surface area (Å²) >= 11 is 6.00. The Morgan fingerprint density at radius 3 is 2.27 bits per heavy atom. The van der Waals surface area contributed by atoms with Crippen molar-refractivity contribution in [1.82, 2.24) is 0 Å². The number of methoxy groups -OCH3 is 2. The maximum atomic E-state index is 12.7. The molecule has 6 heteroatoms. The minimum Gasteiger partial charge on any atom is -0.496 e. The number of esters is 1. The Labute approximate surface area is 155 Å². The van der Waals surface area contributed by atoms with Crippen molar-refractivity contribution in [2.75, 3.05) is 19.5 Å². The second kappa shape index (κ2) is 7.45. The molecule has 1 amide bonds. The van der Waals surface area contributed by atoms with Crippen LogP contribution in [0.5, 0.6) is 5.75 Å². The van der Waals surface area contributed by atoms with Gasteiger partial charge in [-0.1, -0.05) is 35.9 Å². The van der Waals surface area contributed by atoms with E-state index in [1.165, 1.54) is 26.4 Å². The lowest BCUT2D eigenvalue weighted by Crippen LogP contribution is -2.14. The molecule has 0 bridgehead atoms. The zero-order valence-corrected chi connectivity index (χ0v) is 15.0. The Kier molecular flexibility index (Phi) is 5.09. The molecular formula is C20H16ClNO4. The van der Waals surface area contributed by atoms with E-state index in [0.717, 1.165) is 10.8 Å². The fourth-order valence-electron chi connectivity index (χ4n) is 2.63. The van der Waals surface area contributed by atoms with Gasteiger partial charge >= 0.3 is 5.97 Å². The first-order valence-electron chi connectivity index (χ1n) is 7.79. The largest absolute Gasteiger partial charge is 0.496 e. The van der Waals surface area contributed by atoms with Crippen LogP contribution in [0.3, 0.4) is 0 Å². The number of ether oxygens (including phenoxy) is 2. The summed E-state index contributed by atoms with van der Waals surface area (Å²) in [5.41, 5.74) is 0.994. The molecule has 0 radical (unpaired) electrons. The van der Waals surface area contributed by atoms with Crippen molar-refractivity contribution in [3.63, 3.8) is 0 Å². The number of halogens is 1. The van der Waals surface area contributed by atoms with Crippen LogP contribution < -0.4 is 10.1 Å². The summed E-state index contributed by atoms with van der Waals surface area (Å²) < 4.78 is 10.0. The highest BCUT2D eigenvalue weighted by Gasteiger charge is 2.16. The first kappa shape index (κ1) is 17.8. The van der Waals surface area contributed by atoms with Gasteiger partial charge in [-0.25, -0.2) is 4.79 Å². The minimum absolute atomic E-state index is 0.178. The minimum atomic E-state index is -0.575. The maximum absolute atomic E-state index is 12.7. The quantitative estimate of drug-likeness (QED) is 0.686. The van der Waals surface area contributed by atoms with E-state index in [1.54, 1.807) is 12.1 Å². The molecule has 3 aromatic rings. The molecule has 5 nitrogen and oxygen atoms in total. The Hall–Kier alpha value is -3.05. The van der Waals surface area contributed by atoms with Gasteiger partial charge in [0.1, 0.15) is 5.75 Å². The summed E-state index contributed by atoms with van der Waals surface area (Å²) in [5.74, 6) is -0.469. The number of benzene rings is 3. The smallest absolute Gasteiger partial charge is 0.339 e. The molecule has 0 atom stereocenters. The molecule has 0 aliphatic carbocycles. The second-order valence-corrected chi connectivity index (χ2v) is 5.95. The van der Waals surface area contributed by atoms with Crippen LogP contribution in [0.1, 0.15) is 20.7 Å². The number of nitrogens with one attached hydrogen (secondary N) is 1. The molecular weight excluding hydrogens is 354 g/mol. The maximum Gasteiger partial charge on any atom is 0.339 e. The Morgan fingerprint density at radius 2 is 1.62 bits per heavy atom. The van der Waals surface area contributed by atoms with Crippen molar-refractivity contribution in [3.8, 4) is 5.75 Å². The van der Waals surface area contributed by atoms with Gasteiger partial charge in [0, 0.05) is 5.69 Å². The van der Waals surface area contributed by atoms with Crippen LogP contribution in [0.15, 0.2) is 54.6 Å². The lowest BCUT2D eigenvalue weighted by molar-refractivity contribution is 0.0600. The summed E-state index contributed by atoms with van der Waals surface area (Å²) in [4.78, 5) is 24.5. The molecule has 0 aliphatic heterocycles. The van der Waals surface area contributed by atoms with E-state index in [-0.39, 0.29) is 16.5 Å². The van der Waals surface area contributed by atoms with Gasteiger partial charge in [-0.15, -0.1) is 0 Å². The van der Waals surface area contributed by atoms with Crippen LogP contribution in [0.4, 0.5) is 5.69 Å². The lowest BCUT2D eigenvalue weighted by Gasteiger charge is -2.12. The summed E-state index contributed by atoms with van der Waals surface area (Å²) in [6.45, 7) is 0. The molecule has 0 saturated carbocycles. The van der Waals surface area contributed by atoms with Gasteiger partial charge in [0.2, 0.25) is 0 Å². The van der Waals surface area contributed by atoms with Crippen LogP contribution >= 0.6 is 11.6 Å². The molecule has 0 aliphatic rings. The highest BCUT2D eigenvalue weighted by atomic mass is 35.5. The molecule has 0 fully saturated rings. The van der Waals surface area contributed by atoms with E-state index in [0.29, 0.717) is 17.0 Å². The summed E-state index contributed by atoms with van der Waals surface area (Å²) in [6, 6.07) is 15.9. The Morgan fingerprint density at radius 1 is 0.923 bits per heavy atom. The van der Waals surface area contributed by atoms with Crippen molar-refractivity contribution >= 4 is 39.9 Å². The van der Waals surface area contributed by atoms with E-state index in [4.69, 9.17) is 21.1 Å². The van der Waals surface area contributed by atoms with Crippen molar-refractivity contribution in [1.29, 1.82) is 0 Å². The van der Waals surface area contributed by atoms with E-state index >= 15 is 0 Å². The number of carbonyl (C=O) groups is 2. The Balaban J connectivity index is 1.95. The zero-order chi connectivity index (χ0) is 18.7. The first-order chi connectivity index (χ1) is 12.5. The first-order valence-corrected chi connectivity index (χ1v) is 8.17. The molecule has 0 unspecified atom stereocenters. The van der Waals surface area contributed by atoms with Gasteiger partial charge in [-0.3, -0.25) is 4.79 Å². The predicted octanol–water partition coefficient (Wildman–Crippen LogP) is 4.54. The predicted molar refractivity (Wildman–Crippen MR) is 101 cm³/mol. The third-order valence-corrected chi connectivity index (χ3v) is 4.27. The molecule has 0 aromatic heterocycles. The zero-order valence-electron chi connectivity index (χ0n) is 14.2. The van der Waals surface area contributed by atoms with E-state index in [1.807, 2.05) is 30.3 Å². The van der Waals surface area contributed by atoms with Gasteiger partial charge in [0.15, 0.2) is 0 Å². The SMILES string of the molecule is COC(=O)c1cc(NC(=O)c2cc3ccccc3cc2OC)ccc1Cl. The van der Waals surface area contributed by atoms with E-state index < -0.39 is 5.97 Å². The molecule has 0 heterocycles. The van der Waals surface area contributed by atoms with Crippen LogP contribution in [0.25, 0.3) is 10.8 Å². The third kappa shape index (κ3) is 3.48. The Bertz CT molecular complexity index is 1000. The normalized spacial score (nSPS) is 10.4. The average Bonchev–Trinajstić information content (AvgIpc) is 2.67. The molecule has 1 N–H and O–H groups in total. The van der Waals surface area contributed by atoms with Gasteiger partial charge in [0.05, 0.1) is 30.4 Å². The standard InChI is InChI=1S/C20H16ClNO4/c1-25-18-10-13-6-4-3-5-12(13)9-16(18)19(23)22-14-7-8-17(21)15(11-14)20(24)26-2/h3-11H,1-2H3,(H,22,23). The number of fused-ring (bicyclic) bond motifs is 1. The number of hydrogen-bond donors (Lipinski definition) is 1. The van der Waals surface area contributed by atoms with Gasteiger partial charge < -0.3 is 14.8 Å². The summed E-state index contributed by atoms with van der Waals surface area (Å²) in [5, 5.41) is 4.90. The number of rotatable bonds is 4. The summed E-state index contributed by atoms with van der Waals surface area (Å²) in [6.07, 6.45) is 0. The summed E-state index contributed by atoms with van der Waals surface area (Å²) in [7, 11) is 2.78. The topological polar surface area (TPSA) is 64.6 Å². The van der Waals surface area contributed by atoms with Crippen molar-refractivity contribution < 1.29 is 19.1 Å². The molecule has 0 saturated heterocycles. The van der Waals surface area contributed by atoms with Crippen molar-refractivity contribution in [2.24, 2.45) is 0 Å². The van der Waals surface area contributed by atoms with Crippen LogP contribution in [0, 0.1) is 0 Å². The van der Waals surface area contributed by atoms with Crippen molar-refractivity contribution in [2.45, 2.75) is 0 Å². The van der Waals surface area contributed by atoms with E-state index in [9.17, 15) is 9.59 Å². The molecule has 3 aromatic carbocycles. The highest BCUT2D eigenvalue weighted by Crippen LogP contribution is 2.27. The number of anilines is 1. The number of amides is 1. The highest BCUT2D eigenvalue weighted by molar-refractivity contribution is 6.33. The van der Waals surface area contributed by atoms with Gasteiger partial charge in [0.25, 0.3) is 5.91 Å². The molecule has 26 heavy (non-hydrogen) atoms. The van der Waals surface area contributed by atoms with Crippen LogP contribution in [-0.4, -0.2) is 26.1 Å². The lowest BCUT2D eigenvalue weighted by atomic mass is 10.1. The third-order valence-electron chi connectivity index (χ3n) is 3.94. The molecule has 0 spiro atoms. The number of carbonyl (C=O) groups excluding carboxylic acids is 2. The van der Waals surface area contributed by atoms with Gasteiger partial charge in [-0.2, -0.15) is 0 Å². The van der Waals surface area contributed by atoms with E-state index in [2.05, 4.69) is 5.32 Å². The fourth-order valence-corrected chi connectivity index (χ4v) is 2.83. The van der Waals surface area contributed by atoms with Crippen LogP contribution in [-0.2, 0) is 4.74 Å². The van der Waals surface area contributed by atoms with Gasteiger partial charge in [-0.05, 0) is 41.1 Å². The average molecular weight is 370 g/mol. The molecule has 132 valence electrons. The van der Waals surface area contributed by atoms with Crippen LogP contribution in [0.2, 0.25) is 5.02 Å². The molecule has 3 rings (SSSR count). The monoisotopic (exact) mass is 369 g/mol. The number of hydrogen-bond acceptors (Lipinski definition) is 4. The van der Waals surface area contributed by atoms with Crippen molar-refractivity contribution in [3.05, 3.63) is 70.7 Å². The second-order valence-electron chi connectivity index (χ2n) is 5.54. The fraction of sp³-hybridized carbons (Fsp3) is 0.100.